The zero-order valence-corrected chi connectivity index (χ0v) is 18.5. The van der Waals surface area contributed by atoms with Gasteiger partial charge in [-0.2, -0.15) is 0 Å². The Morgan fingerprint density at radius 3 is 2.07 bits per heavy atom. The fourth-order valence-electron chi connectivity index (χ4n) is 4.86. The molecular weight excluding hydrogens is 392 g/mol. The van der Waals surface area contributed by atoms with Crippen LogP contribution in [0.4, 0.5) is 0 Å². The molecule has 4 rings (SSSR count). The van der Waals surface area contributed by atoms with Crippen LogP contribution in [0.25, 0.3) is 11.1 Å². The molecule has 1 heterocycles. The van der Waals surface area contributed by atoms with Crippen molar-refractivity contribution in [2.45, 2.75) is 57.2 Å². The number of rotatable bonds is 7. The number of allylic oxidation sites excluding steroid dienone is 1. The van der Waals surface area contributed by atoms with Crippen molar-refractivity contribution in [3.63, 3.8) is 0 Å². The van der Waals surface area contributed by atoms with Gasteiger partial charge in [-0.3, -0.25) is 0 Å². The Bertz CT molecular complexity index is 783. The van der Waals surface area contributed by atoms with Gasteiger partial charge in [0.05, 0.1) is 13.2 Å². The summed E-state index contributed by atoms with van der Waals surface area (Å²) in [4.78, 5) is 0. The van der Waals surface area contributed by atoms with Crippen molar-refractivity contribution in [3.05, 3.63) is 71.8 Å². The SMILES string of the molecule is C=CCCC[C@H]1CO[C@H]([C@H]2CC[C@H](c3ccc(-c4ccc(Cl)cc4)cc3)CC2)OC1. The molecule has 2 fully saturated rings. The van der Waals surface area contributed by atoms with Crippen LogP contribution in [0.3, 0.4) is 0 Å². The molecule has 2 aromatic rings. The van der Waals surface area contributed by atoms with E-state index in [1.807, 2.05) is 18.2 Å². The first kappa shape index (κ1) is 21.6. The van der Waals surface area contributed by atoms with Gasteiger partial charge >= 0.3 is 0 Å². The predicted octanol–water partition coefficient (Wildman–Crippen LogP) is 7.63. The van der Waals surface area contributed by atoms with Crippen LogP contribution in [0, 0.1) is 11.8 Å². The zero-order valence-electron chi connectivity index (χ0n) is 17.8. The Morgan fingerprint density at radius 1 is 0.867 bits per heavy atom. The molecular formula is C27H33ClO2. The molecule has 1 aliphatic heterocycles. The van der Waals surface area contributed by atoms with Crippen LogP contribution < -0.4 is 0 Å². The lowest BCUT2D eigenvalue weighted by molar-refractivity contribution is -0.229. The Hall–Kier alpha value is -1.61. The van der Waals surface area contributed by atoms with Crippen LogP contribution in [0.1, 0.15) is 56.4 Å². The highest BCUT2D eigenvalue weighted by atomic mass is 35.5. The van der Waals surface area contributed by atoms with E-state index in [4.69, 9.17) is 21.1 Å². The van der Waals surface area contributed by atoms with Crippen LogP contribution in [0.2, 0.25) is 5.02 Å². The quantitative estimate of drug-likeness (QED) is 0.336. The largest absolute Gasteiger partial charge is 0.352 e. The highest BCUT2D eigenvalue weighted by Gasteiger charge is 2.32. The molecule has 0 bridgehead atoms. The molecule has 1 saturated carbocycles. The Balaban J connectivity index is 1.25. The molecule has 0 unspecified atom stereocenters. The van der Waals surface area contributed by atoms with Gasteiger partial charge in [0.1, 0.15) is 0 Å². The molecule has 2 aromatic carbocycles. The molecule has 160 valence electrons. The molecule has 0 amide bonds. The van der Waals surface area contributed by atoms with Gasteiger partial charge in [0.25, 0.3) is 0 Å². The van der Waals surface area contributed by atoms with Gasteiger partial charge in [-0.15, -0.1) is 6.58 Å². The monoisotopic (exact) mass is 424 g/mol. The van der Waals surface area contributed by atoms with Gasteiger partial charge in [-0.1, -0.05) is 54.1 Å². The summed E-state index contributed by atoms with van der Waals surface area (Å²) in [5, 5.41) is 0.779. The third kappa shape index (κ3) is 5.55. The lowest BCUT2D eigenvalue weighted by Crippen LogP contribution is -2.38. The average molecular weight is 425 g/mol. The van der Waals surface area contributed by atoms with E-state index in [0.717, 1.165) is 24.7 Å². The fourth-order valence-corrected chi connectivity index (χ4v) is 4.99. The lowest BCUT2D eigenvalue weighted by Gasteiger charge is -2.37. The number of hydrogen-bond donors (Lipinski definition) is 0. The van der Waals surface area contributed by atoms with Crippen LogP contribution in [0.5, 0.6) is 0 Å². The van der Waals surface area contributed by atoms with E-state index >= 15 is 0 Å². The fraction of sp³-hybridized carbons (Fsp3) is 0.481. The topological polar surface area (TPSA) is 18.5 Å². The molecule has 2 aliphatic rings. The third-order valence-electron chi connectivity index (χ3n) is 6.73. The van der Waals surface area contributed by atoms with Gasteiger partial charge in [-0.05, 0) is 79.7 Å². The van der Waals surface area contributed by atoms with E-state index in [0.29, 0.717) is 17.8 Å². The molecule has 0 aromatic heterocycles. The first-order valence-corrected chi connectivity index (χ1v) is 11.8. The second kappa shape index (κ2) is 10.6. The number of ether oxygens (including phenoxy) is 2. The van der Waals surface area contributed by atoms with E-state index < -0.39 is 0 Å². The summed E-state index contributed by atoms with van der Waals surface area (Å²) < 4.78 is 12.2. The number of halogens is 1. The van der Waals surface area contributed by atoms with Crippen LogP contribution >= 0.6 is 11.6 Å². The molecule has 3 heteroatoms. The number of hydrogen-bond acceptors (Lipinski definition) is 2. The summed E-state index contributed by atoms with van der Waals surface area (Å²) in [6, 6.07) is 17.1. The molecule has 1 saturated heterocycles. The van der Waals surface area contributed by atoms with E-state index in [9.17, 15) is 0 Å². The maximum Gasteiger partial charge on any atom is 0.160 e. The maximum atomic E-state index is 6.12. The Morgan fingerprint density at radius 2 is 1.47 bits per heavy atom. The van der Waals surface area contributed by atoms with Crippen molar-refractivity contribution in [1.29, 1.82) is 0 Å². The van der Waals surface area contributed by atoms with Crippen molar-refractivity contribution < 1.29 is 9.47 Å². The zero-order chi connectivity index (χ0) is 20.8. The minimum Gasteiger partial charge on any atom is -0.352 e. The van der Waals surface area contributed by atoms with Crippen molar-refractivity contribution in [2.24, 2.45) is 11.8 Å². The van der Waals surface area contributed by atoms with Gasteiger partial charge < -0.3 is 9.47 Å². The smallest absolute Gasteiger partial charge is 0.160 e. The second-order valence-corrected chi connectivity index (χ2v) is 9.30. The first-order chi connectivity index (χ1) is 14.7. The molecule has 0 spiro atoms. The molecule has 1 aliphatic carbocycles. The van der Waals surface area contributed by atoms with E-state index in [2.05, 4.69) is 43.0 Å². The molecule has 0 atom stereocenters. The third-order valence-corrected chi connectivity index (χ3v) is 6.98. The standard InChI is InChI=1S/C27H33ClO2/c1-2-3-4-5-20-18-29-27(30-19-20)25-12-10-23(11-13-25)21-6-8-22(9-7-21)24-14-16-26(28)17-15-24/h2,6-9,14-17,20,23,25,27H,1,3-5,10-13,18-19H2/t20-,23-,25-,27-. The van der Waals surface area contributed by atoms with Gasteiger partial charge in [0.2, 0.25) is 0 Å². The van der Waals surface area contributed by atoms with Gasteiger partial charge in [-0.25, -0.2) is 0 Å². The average Bonchev–Trinajstić information content (AvgIpc) is 2.81. The Labute approximate surface area is 186 Å². The summed E-state index contributed by atoms with van der Waals surface area (Å²) in [5.74, 6) is 1.75. The van der Waals surface area contributed by atoms with Crippen LogP contribution in [-0.2, 0) is 9.47 Å². The van der Waals surface area contributed by atoms with E-state index in [-0.39, 0.29) is 6.29 Å². The summed E-state index contributed by atoms with van der Waals surface area (Å²) in [5.41, 5.74) is 3.92. The van der Waals surface area contributed by atoms with E-state index in [1.165, 1.54) is 55.2 Å². The van der Waals surface area contributed by atoms with Crippen molar-refractivity contribution in [1.82, 2.24) is 0 Å². The number of benzene rings is 2. The van der Waals surface area contributed by atoms with E-state index in [1.54, 1.807) is 0 Å². The lowest BCUT2D eigenvalue weighted by atomic mass is 9.78. The van der Waals surface area contributed by atoms with Crippen molar-refractivity contribution in [3.8, 4) is 11.1 Å². The van der Waals surface area contributed by atoms with Crippen LogP contribution in [-0.4, -0.2) is 19.5 Å². The second-order valence-electron chi connectivity index (χ2n) is 8.86. The van der Waals surface area contributed by atoms with Crippen LogP contribution in [0.15, 0.2) is 61.2 Å². The highest BCUT2D eigenvalue weighted by Crippen LogP contribution is 2.39. The maximum absolute atomic E-state index is 6.12. The first-order valence-electron chi connectivity index (χ1n) is 11.4. The van der Waals surface area contributed by atoms with Crippen molar-refractivity contribution >= 4 is 11.6 Å². The molecule has 0 N–H and O–H groups in total. The number of unbranched alkanes of at least 4 members (excludes halogenated alkanes) is 1. The Kier molecular flexibility index (Phi) is 7.65. The molecule has 2 nitrogen and oxygen atoms in total. The summed E-state index contributed by atoms with van der Waals surface area (Å²) in [7, 11) is 0. The minimum absolute atomic E-state index is 0.00823. The summed E-state index contributed by atoms with van der Waals surface area (Å²) in [6.45, 7) is 5.51. The predicted molar refractivity (Wildman–Crippen MR) is 125 cm³/mol. The highest BCUT2D eigenvalue weighted by molar-refractivity contribution is 6.30. The molecule has 30 heavy (non-hydrogen) atoms. The van der Waals surface area contributed by atoms with Crippen molar-refractivity contribution in [2.75, 3.05) is 13.2 Å². The molecule has 0 radical (unpaired) electrons. The van der Waals surface area contributed by atoms with Gasteiger partial charge in [0.15, 0.2) is 6.29 Å². The summed E-state index contributed by atoms with van der Waals surface area (Å²) >= 11 is 6.01. The summed E-state index contributed by atoms with van der Waals surface area (Å²) in [6.07, 6.45) is 10.3. The van der Waals surface area contributed by atoms with Gasteiger partial charge in [0, 0.05) is 16.9 Å². The minimum atomic E-state index is 0.00823. The normalized spacial score (nSPS) is 27.0.